The van der Waals surface area contributed by atoms with E-state index in [1.807, 2.05) is 12.1 Å². The van der Waals surface area contributed by atoms with Crippen LogP contribution in [0, 0.1) is 16.7 Å². The number of esters is 1. The Labute approximate surface area is 234 Å². The van der Waals surface area contributed by atoms with Crippen LogP contribution in [0.25, 0.3) is 0 Å². The number of hydrogen-bond acceptors (Lipinski definition) is 6. The predicted molar refractivity (Wildman–Crippen MR) is 156 cm³/mol. The first kappa shape index (κ1) is 30.9. The summed E-state index contributed by atoms with van der Waals surface area (Å²) in [4.78, 5) is 25.5. The van der Waals surface area contributed by atoms with Crippen LogP contribution in [0.1, 0.15) is 90.4 Å². The van der Waals surface area contributed by atoms with Crippen molar-refractivity contribution in [1.29, 1.82) is 0 Å². The molecule has 1 aliphatic rings. The molecule has 39 heavy (non-hydrogen) atoms. The number of hydrogen-bond donors (Lipinski definition) is 0. The molecule has 0 aliphatic carbocycles. The zero-order valence-corrected chi connectivity index (χ0v) is 24.6. The van der Waals surface area contributed by atoms with Crippen molar-refractivity contribution in [3.8, 4) is 11.5 Å². The molecule has 0 amide bonds. The van der Waals surface area contributed by atoms with Crippen molar-refractivity contribution in [3.63, 3.8) is 0 Å². The van der Waals surface area contributed by atoms with Crippen LogP contribution in [-0.4, -0.2) is 38.7 Å². The van der Waals surface area contributed by atoms with Crippen molar-refractivity contribution in [3.05, 3.63) is 54.1 Å². The monoisotopic (exact) mass is 536 g/mol. The highest BCUT2D eigenvalue weighted by Crippen LogP contribution is 2.37. The number of carbonyl (C=O) groups is 2. The van der Waals surface area contributed by atoms with Crippen LogP contribution in [0.2, 0.25) is 0 Å². The van der Waals surface area contributed by atoms with Crippen molar-refractivity contribution >= 4 is 24.3 Å². The Balaban J connectivity index is 1.37. The first-order valence-electron chi connectivity index (χ1n) is 14.2. The number of unbranched alkanes of at least 4 members (excludes halogenated alkanes) is 2. The van der Waals surface area contributed by atoms with Gasteiger partial charge in [0.15, 0.2) is 0 Å². The molecule has 2 aromatic carbocycles. The minimum absolute atomic E-state index is 0.0178. The third kappa shape index (κ3) is 10.5. The second kappa shape index (κ2) is 14.1. The molecule has 1 saturated heterocycles. The lowest BCUT2D eigenvalue weighted by atomic mass is 9.69. The molecule has 212 valence electrons. The van der Waals surface area contributed by atoms with Gasteiger partial charge in [0.2, 0.25) is 0 Å². The van der Waals surface area contributed by atoms with Crippen molar-refractivity contribution in [2.24, 2.45) is 16.7 Å². The number of Topliss-reactive ketones (excluding diaryl/α,β-unsaturated/α-hetero) is 1. The molecule has 0 radical (unpaired) electrons. The molecule has 1 atom stereocenters. The molecule has 0 spiro atoms. The third-order valence-electron chi connectivity index (χ3n) is 6.87. The first-order valence-corrected chi connectivity index (χ1v) is 14.2. The Bertz CT molecular complexity index is 1040. The highest BCUT2D eigenvalue weighted by molar-refractivity contribution is 6.61. The Morgan fingerprint density at radius 2 is 1.46 bits per heavy atom. The lowest BCUT2D eigenvalue weighted by Crippen LogP contribution is -2.40. The maximum absolute atomic E-state index is 12.9. The fraction of sp³-hybridized carbons (Fsp3) is 0.562. The van der Waals surface area contributed by atoms with E-state index in [9.17, 15) is 9.59 Å². The van der Waals surface area contributed by atoms with Gasteiger partial charge in [-0.25, -0.2) is 4.79 Å². The van der Waals surface area contributed by atoms with Gasteiger partial charge in [-0.15, -0.1) is 0 Å². The molecule has 0 N–H and O–H groups in total. The summed E-state index contributed by atoms with van der Waals surface area (Å²) in [6, 6.07) is 14.1. The van der Waals surface area contributed by atoms with Gasteiger partial charge in [0, 0.05) is 25.6 Å². The smallest absolute Gasteiger partial charge is 0.493 e. The van der Waals surface area contributed by atoms with Crippen LogP contribution in [0.3, 0.4) is 0 Å². The minimum atomic E-state index is -0.427. The highest BCUT2D eigenvalue weighted by atomic mass is 16.6. The molecule has 0 aromatic heterocycles. The number of ketones is 1. The van der Waals surface area contributed by atoms with Gasteiger partial charge in [-0.3, -0.25) is 4.79 Å². The van der Waals surface area contributed by atoms with E-state index in [0.717, 1.165) is 37.6 Å². The molecule has 1 heterocycles. The average Bonchev–Trinajstić information content (AvgIpc) is 2.89. The van der Waals surface area contributed by atoms with Crippen LogP contribution < -0.4 is 14.9 Å². The highest BCUT2D eigenvalue weighted by Gasteiger charge is 2.33. The van der Waals surface area contributed by atoms with Crippen LogP contribution in [0.4, 0.5) is 0 Å². The quantitative estimate of drug-likeness (QED) is 0.131. The first-order chi connectivity index (χ1) is 18.4. The van der Waals surface area contributed by atoms with Gasteiger partial charge in [0.1, 0.15) is 17.3 Å². The average molecular weight is 537 g/mol. The lowest BCUT2D eigenvalue weighted by molar-refractivity contribution is -0.127. The van der Waals surface area contributed by atoms with Gasteiger partial charge in [0.25, 0.3) is 0 Å². The van der Waals surface area contributed by atoms with Gasteiger partial charge in [-0.05, 0) is 84.8 Å². The van der Waals surface area contributed by atoms with Crippen molar-refractivity contribution in [2.45, 2.75) is 80.1 Å². The number of rotatable bonds is 12. The second-order valence-corrected chi connectivity index (χ2v) is 12.7. The van der Waals surface area contributed by atoms with Crippen molar-refractivity contribution in [1.82, 2.24) is 0 Å². The van der Waals surface area contributed by atoms with E-state index in [-0.39, 0.29) is 23.9 Å². The summed E-state index contributed by atoms with van der Waals surface area (Å²) in [5.41, 5.74) is 1.47. The van der Waals surface area contributed by atoms with Crippen LogP contribution in [-0.2, 0) is 14.1 Å². The van der Waals surface area contributed by atoms with E-state index in [4.69, 9.17) is 18.8 Å². The third-order valence-corrected chi connectivity index (χ3v) is 6.87. The summed E-state index contributed by atoms with van der Waals surface area (Å²) in [5.74, 6) is 1.21. The van der Waals surface area contributed by atoms with E-state index < -0.39 is 5.97 Å². The van der Waals surface area contributed by atoms with E-state index in [1.54, 1.807) is 36.4 Å². The van der Waals surface area contributed by atoms with Crippen LogP contribution >= 0.6 is 0 Å². The van der Waals surface area contributed by atoms with Crippen LogP contribution in [0.5, 0.6) is 11.5 Å². The Kier molecular flexibility index (Phi) is 11.2. The van der Waals surface area contributed by atoms with E-state index in [0.29, 0.717) is 49.1 Å². The molecule has 3 rings (SSSR count). The summed E-state index contributed by atoms with van der Waals surface area (Å²) in [5, 5.41) is 0. The standard InChI is InChI=1S/C32H45BO6/c1-31(2,3)23-28(32(4,5)6)29(34)11-8-7-9-20-36-26-16-12-24(13-17-26)30(35)39-27-18-14-25(15-19-27)33-37-21-10-22-38-33/h12-19,28H,7-11,20-23H2,1-6H3. The fourth-order valence-electron chi connectivity index (χ4n) is 4.68. The zero-order chi connectivity index (χ0) is 28.5. The molecule has 6 nitrogen and oxygen atoms in total. The maximum atomic E-state index is 12.9. The molecule has 0 saturated carbocycles. The van der Waals surface area contributed by atoms with Gasteiger partial charge >= 0.3 is 13.1 Å². The Morgan fingerprint density at radius 3 is 2.05 bits per heavy atom. The maximum Gasteiger partial charge on any atom is 0.493 e. The zero-order valence-electron chi connectivity index (χ0n) is 24.6. The lowest BCUT2D eigenvalue weighted by Gasteiger charge is -2.34. The normalized spacial score (nSPS) is 15.1. The topological polar surface area (TPSA) is 71.1 Å². The molecule has 1 unspecified atom stereocenters. The van der Waals surface area contributed by atoms with Gasteiger partial charge in [-0.1, -0.05) is 53.7 Å². The van der Waals surface area contributed by atoms with Gasteiger partial charge in [0.05, 0.1) is 12.2 Å². The number of carbonyl (C=O) groups excluding carboxylic acids is 2. The SMILES string of the molecule is CC(C)(C)CC(C(=O)CCCCCOc1ccc(C(=O)Oc2ccc(B3OCCCO3)cc2)cc1)C(C)(C)C. The fourth-order valence-corrected chi connectivity index (χ4v) is 4.68. The minimum Gasteiger partial charge on any atom is -0.494 e. The molecular formula is C32H45BO6. The molecule has 1 aliphatic heterocycles. The van der Waals surface area contributed by atoms with E-state index in [1.165, 1.54) is 0 Å². The predicted octanol–water partition coefficient (Wildman–Crippen LogP) is 6.64. The summed E-state index contributed by atoms with van der Waals surface area (Å²) < 4.78 is 22.5. The Morgan fingerprint density at radius 1 is 0.846 bits per heavy atom. The molecule has 2 aromatic rings. The summed E-state index contributed by atoms with van der Waals surface area (Å²) in [6.07, 6.45) is 5.14. The number of benzene rings is 2. The molecule has 0 bridgehead atoms. The molecule has 7 heteroatoms. The number of ether oxygens (including phenoxy) is 2. The van der Waals surface area contributed by atoms with Crippen molar-refractivity contribution < 1.29 is 28.4 Å². The van der Waals surface area contributed by atoms with E-state index in [2.05, 4.69) is 41.5 Å². The summed E-state index contributed by atoms with van der Waals surface area (Å²) in [7, 11) is -0.363. The van der Waals surface area contributed by atoms with E-state index >= 15 is 0 Å². The summed E-state index contributed by atoms with van der Waals surface area (Å²) in [6.45, 7) is 15.0. The Hall–Kier alpha value is -2.64. The van der Waals surface area contributed by atoms with Crippen LogP contribution in [0.15, 0.2) is 48.5 Å². The second-order valence-electron chi connectivity index (χ2n) is 12.7. The van der Waals surface area contributed by atoms with Crippen molar-refractivity contribution in [2.75, 3.05) is 19.8 Å². The van der Waals surface area contributed by atoms with Gasteiger partial charge < -0.3 is 18.8 Å². The van der Waals surface area contributed by atoms with Gasteiger partial charge in [-0.2, -0.15) is 0 Å². The largest absolute Gasteiger partial charge is 0.494 e. The molecule has 1 fully saturated rings. The molecular weight excluding hydrogens is 491 g/mol. The summed E-state index contributed by atoms with van der Waals surface area (Å²) >= 11 is 0.